The lowest BCUT2D eigenvalue weighted by Gasteiger charge is -2.42. The average molecular weight is 332 g/mol. The van der Waals surface area contributed by atoms with Gasteiger partial charge in [-0.3, -0.25) is 14.4 Å². The third-order valence-corrected chi connectivity index (χ3v) is 3.00. The van der Waals surface area contributed by atoms with E-state index in [1.165, 1.54) is 0 Å². The summed E-state index contributed by atoms with van der Waals surface area (Å²) in [5.74, 6) is -1.43. The molecule has 128 valence electrons. The summed E-state index contributed by atoms with van der Waals surface area (Å²) in [6.45, 7) is 3.90. The van der Waals surface area contributed by atoms with Crippen LogP contribution in [-0.2, 0) is 28.6 Å². The Hall–Kier alpha value is -2.59. The molecule has 0 radical (unpaired) electrons. The molecular formula is C11H16N4O8. The highest BCUT2D eigenvalue weighted by Gasteiger charge is 2.50. The molecule has 3 unspecified atom stereocenters. The summed E-state index contributed by atoms with van der Waals surface area (Å²) in [5, 5.41) is 12.8. The SMILES string of the molecule is CCC1OC(O[N+](=O)[O-])[C@@H](N=[N+]=[N-])C(OC(C)=O)[C@@H]1OC(C)=O. The lowest BCUT2D eigenvalue weighted by Crippen LogP contribution is -2.60. The Bertz CT molecular complexity index is 520. The van der Waals surface area contributed by atoms with E-state index in [4.69, 9.17) is 19.7 Å². The van der Waals surface area contributed by atoms with Crippen molar-refractivity contribution < 1.29 is 33.7 Å². The van der Waals surface area contributed by atoms with Gasteiger partial charge in [0.25, 0.3) is 5.09 Å². The minimum atomic E-state index is -1.60. The van der Waals surface area contributed by atoms with Gasteiger partial charge < -0.3 is 14.2 Å². The Morgan fingerprint density at radius 2 is 1.87 bits per heavy atom. The third-order valence-electron chi connectivity index (χ3n) is 3.00. The fourth-order valence-electron chi connectivity index (χ4n) is 2.23. The Balaban J connectivity index is 3.23. The van der Waals surface area contributed by atoms with Crippen LogP contribution in [0.4, 0.5) is 0 Å². The van der Waals surface area contributed by atoms with Gasteiger partial charge in [0.1, 0.15) is 12.1 Å². The summed E-state index contributed by atoms with van der Waals surface area (Å²) in [7, 11) is 0. The molecule has 12 heteroatoms. The van der Waals surface area contributed by atoms with Gasteiger partial charge in [0, 0.05) is 18.8 Å². The van der Waals surface area contributed by atoms with E-state index in [0.717, 1.165) is 13.8 Å². The second-order valence-electron chi connectivity index (χ2n) is 4.62. The maximum absolute atomic E-state index is 11.3. The first-order valence-corrected chi connectivity index (χ1v) is 6.65. The molecule has 1 saturated heterocycles. The highest BCUT2D eigenvalue weighted by molar-refractivity contribution is 5.67. The Labute approximate surface area is 130 Å². The molecule has 1 heterocycles. The van der Waals surface area contributed by atoms with Crippen molar-refractivity contribution in [3.05, 3.63) is 20.6 Å². The highest BCUT2D eigenvalue weighted by atomic mass is 17.0. The van der Waals surface area contributed by atoms with E-state index < -0.39 is 47.7 Å². The number of nitrogens with zero attached hydrogens (tertiary/aromatic N) is 4. The summed E-state index contributed by atoms with van der Waals surface area (Å²) in [4.78, 5) is 40.1. The number of ether oxygens (including phenoxy) is 3. The zero-order chi connectivity index (χ0) is 17.6. The normalized spacial score (nSPS) is 29.8. The third kappa shape index (κ3) is 4.97. The van der Waals surface area contributed by atoms with Crippen LogP contribution in [0, 0.1) is 10.1 Å². The van der Waals surface area contributed by atoms with Crippen molar-refractivity contribution in [3.8, 4) is 0 Å². The number of azide groups is 1. The molecule has 0 N–H and O–H groups in total. The minimum absolute atomic E-state index is 0.274. The van der Waals surface area contributed by atoms with Gasteiger partial charge in [0.2, 0.25) is 6.29 Å². The maximum atomic E-state index is 11.3. The first kappa shape index (κ1) is 18.5. The summed E-state index contributed by atoms with van der Waals surface area (Å²) in [6, 6.07) is -1.40. The van der Waals surface area contributed by atoms with E-state index in [2.05, 4.69) is 14.9 Å². The van der Waals surface area contributed by atoms with Crippen molar-refractivity contribution in [2.45, 2.75) is 57.8 Å². The highest BCUT2D eigenvalue weighted by Crippen LogP contribution is 2.30. The molecule has 5 atom stereocenters. The van der Waals surface area contributed by atoms with Crippen LogP contribution in [0.2, 0.25) is 0 Å². The lowest BCUT2D eigenvalue weighted by molar-refractivity contribution is -0.783. The van der Waals surface area contributed by atoms with E-state index >= 15 is 0 Å². The second kappa shape index (κ2) is 8.15. The van der Waals surface area contributed by atoms with Gasteiger partial charge in [-0.2, -0.15) is 0 Å². The van der Waals surface area contributed by atoms with Crippen molar-refractivity contribution in [2.75, 3.05) is 0 Å². The van der Waals surface area contributed by atoms with Gasteiger partial charge in [0.15, 0.2) is 12.2 Å². The maximum Gasteiger partial charge on any atom is 0.303 e. The molecule has 0 bridgehead atoms. The molecule has 12 nitrogen and oxygen atoms in total. The van der Waals surface area contributed by atoms with E-state index in [9.17, 15) is 19.7 Å². The molecule has 1 aliphatic rings. The smallest absolute Gasteiger partial charge is 0.303 e. The van der Waals surface area contributed by atoms with Crippen LogP contribution < -0.4 is 0 Å². The standard InChI is InChI=1S/C11H16N4O8/c1-4-7-9(20-5(2)16)10(21-6(3)17)8(13-14-12)11(22-7)23-15(18)19/h7-11H,4H2,1-3H3/t7?,8-,9+,10?,11?/m0/s1. The van der Waals surface area contributed by atoms with Gasteiger partial charge in [0.05, 0.1) is 0 Å². The first-order valence-electron chi connectivity index (χ1n) is 6.65. The number of esters is 2. The number of hydrogen-bond donors (Lipinski definition) is 0. The molecule has 1 aliphatic heterocycles. The van der Waals surface area contributed by atoms with Gasteiger partial charge in [-0.25, -0.2) is 0 Å². The number of hydrogen-bond acceptors (Lipinski definition) is 9. The van der Waals surface area contributed by atoms with Gasteiger partial charge in [-0.05, 0) is 12.0 Å². The van der Waals surface area contributed by atoms with E-state index in [-0.39, 0.29) is 6.42 Å². The van der Waals surface area contributed by atoms with E-state index in [0.29, 0.717) is 0 Å². The Kier molecular flexibility index (Phi) is 6.54. The average Bonchev–Trinajstić information content (AvgIpc) is 2.43. The van der Waals surface area contributed by atoms with Crippen LogP contribution in [0.1, 0.15) is 27.2 Å². The summed E-state index contributed by atoms with van der Waals surface area (Å²) < 4.78 is 15.5. The van der Waals surface area contributed by atoms with E-state index in [1.54, 1.807) is 6.92 Å². The molecule has 0 aromatic heterocycles. The number of rotatable bonds is 6. The minimum Gasteiger partial charge on any atom is -0.458 e. The molecule has 0 amide bonds. The quantitative estimate of drug-likeness (QED) is 0.173. The van der Waals surface area contributed by atoms with Crippen LogP contribution >= 0.6 is 0 Å². The zero-order valence-corrected chi connectivity index (χ0v) is 12.6. The van der Waals surface area contributed by atoms with Gasteiger partial charge >= 0.3 is 11.9 Å². The van der Waals surface area contributed by atoms with Crippen LogP contribution in [0.25, 0.3) is 10.4 Å². The Morgan fingerprint density at radius 1 is 1.30 bits per heavy atom. The molecule has 1 fully saturated rings. The predicted molar refractivity (Wildman–Crippen MR) is 71.1 cm³/mol. The fraction of sp³-hybridized carbons (Fsp3) is 0.818. The van der Waals surface area contributed by atoms with E-state index in [1.807, 2.05) is 0 Å². The molecule has 0 aromatic rings. The Morgan fingerprint density at radius 3 is 2.30 bits per heavy atom. The second-order valence-corrected chi connectivity index (χ2v) is 4.62. The molecule has 0 spiro atoms. The zero-order valence-electron chi connectivity index (χ0n) is 12.6. The van der Waals surface area contributed by atoms with Gasteiger partial charge in [-0.15, -0.1) is 10.1 Å². The topological polar surface area (TPSA) is 163 Å². The molecular weight excluding hydrogens is 316 g/mol. The summed E-state index contributed by atoms with van der Waals surface area (Å²) >= 11 is 0. The van der Waals surface area contributed by atoms with Crippen molar-refractivity contribution >= 4 is 11.9 Å². The van der Waals surface area contributed by atoms with Crippen LogP contribution in [-0.4, -0.2) is 47.7 Å². The largest absolute Gasteiger partial charge is 0.458 e. The first-order chi connectivity index (χ1) is 10.8. The monoisotopic (exact) mass is 332 g/mol. The number of carbonyl (C=O) groups excluding carboxylic acids is 2. The van der Waals surface area contributed by atoms with Crippen molar-refractivity contribution in [3.63, 3.8) is 0 Å². The summed E-state index contributed by atoms with van der Waals surface area (Å²) in [6.07, 6.45) is -4.55. The van der Waals surface area contributed by atoms with Crippen molar-refractivity contribution in [1.82, 2.24) is 0 Å². The number of carbonyl (C=O) groups is 2. The van der Waals surface area contributed by atoms with Crippen LogP contribution in [0.3, 0.4) is 0 Å². The predicted octanol–water partition coefficient (Wildman–Crippen LogP) is 0.872. The molecule has 0 aliphatic carbocycles. The van der Waals surface area contributed by atoms with Crippen molar-refractivity contribution in [2.24, 2.45) is 5.11 Å². The molecule has 23 heavy (non-hydrogen) atoms. The summed E-state index contributed by atoms with van der Waals surface area (Å²) in [5.41, 5.74) is 8.64. The molecule has 1 rings (SSSR count). The molecule has 0 aromatic carbocycles. The fourth-order valence-corrected chi connectivity index (χ4v) is 2.23. The van der Waals surface area contributed by atoms with Crippen LogP contribution in [0.15, 0.2) is 5.11 Å². The van der Waals surface area contributed by atoms with Crippen LogP contribution in [0.5, 0.6) is 0 Å². The van der Waals surface area contributed by atoms with Gasteiger partial charge in [-0.1, -0.05) is 12.0 Å². The lowest BCUT2D eigenvalue weighted by atomic mass is 9.95. The molecule has 0 saturated carbocycles. The van der Waals surface area contributed by atoms with Crippen molar-refractivity contribution in [1.29, 1.82) is 0 Å².